The van der Waals surface area contributed by atoms with Crippen molar-refractivity contribution in [2.24, 2.45) is 11.3 Å². The van der Waals surface area contributed by atoms with E-state index in [4.69, 9.17) is 4.74 Å². The first kappa shape index (κ1) is 19.8. The van der Waals surface area contributed by atoms with Crippen molar-refractivity contribution < 1.29 is 23.1 Å². The van der Waals surface area contributed by atoms with Crippen molar-refractivity contribution in [3.63, 3.8) is 0 Å². The molecule has 0 radical (unpaired) electrons. The minimum absolute atomic E-state index is 0.0217. The van der Waals surface area contributed by atoms with Crippen molar-refractivity contribution >= 4 is 15.9 Å². The van der Waals surface area contributed by atoms with Gasteiger partial charge in [0.2, 0.25) is 15.9 Å². The number of carbonyl (C=O) groups is 1. The van der Waals surface area contributed by atoms with Gasteiger partial charge in [0.15, 0.2) is 0 Å². The van der Waals surface area contributed by atoms with Gasteiger partial charge in [0, 0.05) is 44.7 Å². The Bertz CT molecular complexity index is 812. The van der Waals surface area contributed by atoms with E-state index in [0.29, 0.717) is 52.5 Å². The highest BCUT2D eigenvalue weighted by molar-refractivity contribution is 7.89. The van der Waals surface area contributed by atoms with E-state index in [-0.39, 0.29) is 29.9 Å². The number of benzene rings is 1. The lowest BCUT2D eigenvalue weighted by Crippen LogP contribution is -2.46. The predicted molar refractivity (Wildman–Crippen MR) is 102 cm³/mol. The second-order valence-corrected chi connectivity index (χ2v) is 9.93. The van der Waals surface area contributed by atoms with Crippen molar-refractivity contribution in [1.82, 2.24) is 14.1 Å². The number of sulfonamides is 1. The number of morpholine rings is 1. The van der Waals surface area contributed by atoms with Gasteiger partial charge in [-0.1, -0.05) is 18.2 Å². The van der Waals surface area contributed by atoms with Crippen molar-refractivity contribution in [2.45, 2.75) is 4.90 Å². The maximum absolute atomic E-state index is 12.9. The normalized spacial score (nSPS) is 29.2. The third-order valence-corrected chi connectivity index (χ3v) is 8.04. The maximum atomic E-state index is 12.9. The Hall–Kier alpha value is -1.52. The molecular weight excluding hydrogens is 382 g/mol. The van der Waals surface area contributed by atoms with Crippen LogP contribution in [-0.4, -0.2) is 99.2 Å². The molecule has 3 aliphatic rings. The number of amides is 1. The number of aliphatic hydroxyl groups excluding tert-OH is 1. The van der Waals surface area contributed by atoms with E-state index < -0.39 is 15.4 Å². The molecular formula is C19H27N3O5S. The minimum Gasteiger partial charge on any atom is -0.396 e. The molecule has 154 valence electrons. The Balaban J connectivity index is 1.43. The van der Waals surface area contributed by atoms with Crippen LogP contribution in [0, 0.1) is 11.3 Å². The molecule has 0 aromatic heterocycles. The van der Waals surface area contributed by atoms with E-state index in [0.717, 1.165) is 0 Å². The van der Waals surface area contributed by atoms with Gasteiger partial charge in [0.1, 0.15) is 0 Å². The molecule has 1 amide bonds. The van der Waals surface area contributed by atoms with Gasteiger partial charge in [0.25, 0.3) is 0 Å². The Labute approximate surface area is 165 Å². The standard InChI is InChI=1S/C19H27N3O5S/c23-15-19-13-20(12-18(24)21-6-8-27-9-7-21)10-16(19)11-22(14-19)28(25,26)17-4-2-1-3-5-17/h1-5,16,23H,6-15H2/t16-,19+/m0/s1. The van der Waals surface area contributed by atoms with Crippen molar-refractivity contribution in [1.29, 1.82) is 0 Å². The second kappa shape index (κ2) is 7.72. The summed E-state index contributed by atoms with van der Waals surface area (Å²) in [7, 11) is -3.57. The zero-order chi connectivity index (χ0) is 19.8. The summed E-state index contributed by atoms with van der Waals surface area (Å²) in [6.45, 7) is 4.41. The third-order valence-electron chi connectivity index (χ3n) is 6.22. The molecule has 0 spiro atoms. The van der Waals surface area contributed by atoms with Gasteiger partial charge in [-0.25, -0.2) is 8.42 Å². The highest BCUT2D eigenvalue weighted by Crippen LogP contribution is 2.43. The van der Waals surface area contributed by atoms with Crippen LogP contribution in [0.4, 0.5) is 0 Å². The summed E-state index contributed by atoms with van der Waals surface area (Å²) in [5, 5.41) is 10.1. The highest BCUT2D eigenvalue weighted by atomic mass is 32.2. The third kappa shape index (κ3) is 3.57. The van der Waals surface area contributed by atoms with Gasteiger partial charge < -0.3 is 14.7 Å². The number of hydrogen-bond acceptors (Lipinski definition) is 6. The van der Waals surface area contributed by atoms with Crippen LogP contribution < -0.4 is 0 Å². The van der Waals surface area contributed by atoms with E-state index in [1.807, 2.05) is 4.90 Å². The molecule has 3 fully saturated rings. The smallest absolute Gasteiger partial charge is 0.243 e. The summed E-state index contributed by atoms with van der Waals surface area (Å²) in [4.78, 5) is 16.7. The van der Waals surface area contributed by atoms with Gasteiger partial charge in [0.05, 0.1) is 31.3 Å². The lowest BCUT2D eigenvalue weighted by atomic mass is 9.82. The molecule has 2 atom stereocenters. The van der Waals surface area contributed by atoms with Crippen LogP contribution >= 0.6 is 0 Å². The molecule has 28 heavy (non-hydrogen) atoms. The number of ether oxygens (including phenoxy) is 1. The lowest BCUT2D eigenvalue weighted by molar-refractivity contribution is -0.136. The number of hydrogen-bond donors (Lipinski definition) is 1. The molecule has 8 nitrogen and oxygen atoms in total. The van der Waals surface area contributed by atoms with Crippen LogP contribution in [0.3, 0.4) is 0 Å². The number of nitrogens with zero attached hydrogens (tertiary/aromatic N) is 3. The van der Waals surface area contributed by atoms with Crippen LogP contribution in [0.2, 0.25) is 0 Å². The van der Waals surface area contributed by atoms with Crippen LogP contribution in [0.1, 0.15) is 0 Å². The van der Waals surface area contributed by atoms with Gasteiger partial charge in [-0.05, 0) is 18.1 Å². The molecule has 3 aliphatic heterocycles. The summed E-state index contributed by atoms with van der Waals surface area (Å²) >= 11 is 0. The number of carbonyl (C=O) groups excluding carboxylic acids is 1. The fraction of sp³-hybridized carbons (Fsp3) is 0.632. The predicted octanol–water partition coefficient (Wildman–Crippen LogP) is -0.540. The first-order chi connectivity index (χ1) is 13.4. The summed E-state index contributed by atoms with van der Waals surface area (Å²) in [6.07, 6.45) is 0. The SMILES string of the molecule is O=C(CN1C[C@H]2CN(S(=O)(=O)c3ccccc3)C[C@@]2(CO)C1)N1CCOCC1. The largest absolute Gasteiger partial charge is 0.396 e. The van der Waals surface area contributed by atoms with E-state index in [9.17, 15) is 18.3 Å². The number of likely N-dealkylation sites (tertiary alicyclic amines) is 1. The quantitative estimate of drug-likeness (QED) is 0.703. The van der Waals surface area contributed by atoms with Crippen LogP contribution in [0.25, 0.3) is 0 Å². The fourth-order valence-corrected chi connectivity index (χ4v) is 6.22. The molecule has 0 saturated carbocycles. The van der Waals surface area contributed by atoms with Gasteiger partial charge in [-0.15, -0.1) is 0 Å². The van der Waals surface area contributed by atoms with Crippen LogP contribution in [-0.2, 0) is 19.6 Å². The van der Waals surface area contributed by atoms with E-state index in [2.05, 4.69) is 4.90 Å². The zero-order valence-corrected chi connectivity index (χ0v) is 16.7. The van der Waals surface area contributed by atoms with Gasteiger partial charge >= 0.3 is 0 Å². The first-order valence-electron chi connectivity index (χ1n) is 9.69. The molecule has 1 N–H and O–H groups in total. The zero-order valence-electron chi connectivity index (χ0n) is 15.9. The van der Waals surface area contributed by atoms with Crippen molar-refractivity contribution in [3.8, 4) is 0 Å². The van der Waals surface area contributed by atoms with Crippen LogP contribution in [0.15, 0.2) is 35.2 Å². The minimum atomic E-state index is -3.57. The Kier molecular flexibility index (Phi) is 5.45. The molecule has 4 rings (SSSR count). The molecule has 3 saturated heterocycles. The molecule has 9 heteroatoms. The second-order valence-electron chi connectivity index (χ2n) is 7.99. The lowest BCUT2D eigenvalue weighted by Gasteiger charge is -2.30. The summed E-state index contributed by atoms with van der Waals surface area (Å²) < 4.78 is 32.7. The monoisotopic (exact) mass is 409 g/mol. The Morgan fingerprint density at radius 1 is 1.14 bits per heavy atom. The molecule has 0 aliphatic carbocycles. The molecule has 0 bridgehead atoms. The number of fused-ring (bicyclic) bond motifs is 1. The topological polar surface area (TPSA) is 90.4 Å². The van der Waals surface area contributed by atoms with E-state index in [1.165, 1.54) is 4.31 Å². The van der Waals surface area contributed by atoms with E-state index >= 15 is 0 Å². The molecule has 1 aromatic rings. The maximum Gasteiger partial charge on any atom is 0.243 e. The average Bonchev–Trinajstić information content (AvgIpc) is 3.24. The van der Waals surface area contributed by atoms with Gasteiger partial charge in [-0.2, -0.15) is 4.31 Å². The average molecular weight is 410 g/mol. The molecule has 3 heterocycles. The van der Waals surface area contributed by atoms with Crippen LogP contribution in [0.5, 0.6) is 0 Å². The number of rotatable bonds is 5. The summed E-state index contributed by atoms with van der Waals surface area (Å²) in [5.41, 5.74) is -0.507. The molecule has 0 unspecified atom stereocenters. The fourth-order valence-electron chi connectivity index (χ4n) is 4.61. The first-order valence-corrected chi connectivity index (χ1v) is 11.1. The van der Waals surface area contributed by atoms with Crippen molar-refractivity contribution in [3.05, 3.63) is 30.3 Å². The summed E-state index contributed by atoms with van der Waals surface area (Å²) in [5.74, 6) is 0.0959. The highest BCUT2D eigenvalue weighted by Gasteiger charge is 2.54. The number of aliphatic hydroxyl groups is 1. The Morgan fingerprint density at radius 2 is 1.86 bits per heavy atom. The molecule has 1 aromatic carbocycles. The summed E-state index contributed by atoms with van der Waals surface area (Å²) in [6, 6.07) is 8.41. The Morgan fingerprint density at radius 3 is 2.50 bits per heavy atom. The van der Waals surface area contributed by atoms with Gasteiger partial charge in [-0.3, -0.25) is 9.69 Å². The van der Waals surface area contributed by atoms with Crippen molar-refractivity contribution in [2.75, 3.05) is 65.6 Å². The van der Waals surface area contributed by atoms with E-state index in [1.54, 1.807) is 30.3 Å².